The molecule has 9 heteroatoms. The molecule has 0 heterocycles. The molecule has 0 saturated carbocycles. The maximum atomic E-state index is 13.3. The number of carbonyl (C=O) groups is 2. The molecule has 3 atom stereocenters. The highest BCUT2D eigenvalue weighted by atomic mass is 31.2. The SMILES string of the molecule is COc1ccc(C(=O)P(=O)(O)[C@@H](CNC[C@H](C)O)c2cccc(C(=O)O)c2)cc1. The first-order valence-electron chi connectivity index (χ1n) is 8.90. The van der Waals surface area contributed by atoms with Crippen LogP contribution in [0.5, 0.6) is 5.75 Å². The molecule has 0 spiro atoms. The minimum atomic E-state index is -4.49. The van der Waals surface area contributed by atoms with Crippen molar-refractivity contribution in [2.24, 2.45) is 0 Å². The highest BCUT2D eigenvalue weighted by molar-refractivity contribution is 7.76. The van der Waals surface area contributed by atoms with E-state index in [1.54, 1.807) is 6.92 Å². The van der Waals surface area contributed by atoms with E-state index < -0.39 is 30.6 Å². The van der Waals surface area contributed by atoms with Crippen molar-refractivity contribution in [2.75, 3.05) is 20.2 Å². The van der Waals surface area contributed by atoms with Crippen LogP contribution in [0.4, 0.5) is 0 Å². The number of benzene rings is 2. The van der Waals surface area contributed by atoms with Gasteiger partial charge < -0.3 is 25.2 Å². The van der Waals surface area contributed by atoms with E-state index in [0.717, 1.165) is 0 Å². The molecule has 0 aliphatic rings. The summed E-state index contributed by atoms with van der Waals surface area (Å²) >= 11 is 0. The number of aliphatic hydroxyl groups excluding tert-OH is 1. The van der Waals surface area contributed by atoms with Gasteiger partial charge >= 0.3 is 5.97 Å². The number of aliphatic hydroxyl groups is 1. The second-order valence-electron chi connectivity index (χ2n) is 6.61. The summed E-state index contributed by atoms with van der Waals surface area (Å²) in [7, 11) is -3.02. The third-order valence-corrected chi connectivity index (χ3v) is 6.51. The maximum absolute atomic E-state index is 13.3. The van der Waals surface area contributed by atoms with E-state index in [2.05, 4.69) is 5.32 Å². The van der Waals surface area contributed by atoms with Gasteiger partial charge in [0, 0.05) is 18.7 Å². The lowest BCUT2D eigenvalue weighted by atomic mass is 10.1. The van der Waals surface area contributed by atoms with Gasteiger partial charge in [0.1, 0.15) is 5.75 Å². The van der Waals surface area contributed by atoms with Crippen molar-refractivity contribution in [1.29, 1.82) is 0 Å². The third kappa shape index (κ3) is 5.74. The van der Waals surface area contributed by atoms with Gasteiger partial charge in [-0.2, -0.15) is 0 Å². The van der Waals surface area contributed by atoms with Crippen LogP contribution < -0.4 is 10.1 Å². The summed E-state index contributed by atoms with van der Waals surface area (Å²) in [6.07, 6.45) is -0.698. The summed E-state index contributed by atoms with van der Waals surface area (Å²) in [5.74, 6) is -0.685. The second kappa shape index (κ2) is 9.80. The Labute approximate surface area is 168 Å². The smallest absolute Gasteiger partial charge is 0.335 e. The van der Waals surface area contributed by atoms with Gasteiger partial charge in [-0.05, 0) is 48.9 Å². The zero-order chi connectivity index (χ0) is 21.6. The molecule has 2 aromatic rings. The number of rotatable bonds is 10. The molecule has 2 aromatic carbocycles. The number of ether oxygens (including phenoxy) is 1. The standard InChI is InChI=1S/C20H24NO7P/c1-13(22)11-21-12-18(15-4-3-5-16(10-15)19(23)24)29(26,27)20(25)14-6-8-17(28-2)9-7-14/h3-10,13,18,21-22H,11-12H2,1-2H3,(H,23,24)(H,26,27)/t13-,18-/m0/s1. The number of carbonyl (C=O) groups excluding carboxylic acids is 1. The van der Waals surface area contributed by atoms with Crippen LogP contribution >= 0.6 is 7.37 Å². The molecule has 156 valence electrons. The van der Waals surface area contributed by atoms with Crippen molar-refractivity contribution in [2.45, 2.75) is 18.7 Å². The zero-order valence-corrected chi connectivity index (χ0v) is 17.0. The van der Waals surface area contributed by atoms with Gasteiger partial charge in [-0.3, -0.25) is 9.36 Å². The summed E-state index contributed by atoms with van der Waals surface area (Å²) in [6.45, 7) is 1.60. The molecule has 1 unspecified atom stereocenters. The van der Waals surface area contributed by atoms with Crippen LogP contribution in [0.1, 0.15) is 38.9 Å². The van der Waals surface area contributed by atoms with Gasteiger partial charge in [0.2, 0.25) is 5.52 Å². The van der Waals surface area contributed by atoms with Crippen molar-refractivity contribution in [3.63, 3.8) is 0 Å². The lowest BCUT2D eigenvalue weighted by molar-refractivity contribution is 0.0696. The van der Waals surface area contributed by atoms with Crippen LogP contribution in [0.15, 0.2) is 48.5 Å². The number of hydrogen-bond acceptors (Lipinski definition) is 6. The van der Waals surface area contributed by atoms with E-state index in [4.69, 9.17) is 4.74 Å². The Kier molecular flexibility index (Phi) is 7.70. The number of carboxylic acid groups (broad SMARTS) is 1. The van der Waals surface area contributed by atoms with E-state index in [1.165, 1.54) is 55.6 Å². The van der Waals surface area contributed by atoms with Crippen LogP contribution in [-0.4, -0.2) is 52.9 Å². The first-order chi connectivity index (χ1) is 13.7. The summed E-state index contributed by atoms with van der Waals surface area (Å²) in [4.78, 5) is 34.9. The molecule has 0 amide bonds. The first-order valence-corrected chi connectivity index (χ1v) is 10.6. The minimum Gasteiger partial charge on any atom is -0.497 e. The highest BCUT2D eigenvalue weighted by Gasteiger charge is 2.40. The Hall–Kier alpha value is -2.51. The Morgan fingerprint density at radius 2 is 1.76 bits per heavy atom. The van der Waals surface area contributed by atoms with Crippen LogP contribution in [0, 0.1) is 0 Å². The third-order valence-electron chi connectivity index (χ3n) is 4.35. The lowest BCUT2D eigenvalue weighted by Gasteiger charge is -2.24. The summed E-state index contributed by atoms with van der Waals surface area (Å²) in [6, 6.07) is 11.4. The molecule has 2 rings (SSSR count). The van der Waals surface area contributed by atoms with Crippen LogP contribution in [0.2, 0.25) is 0 Å². The topological polar surface area (TPSA) is 133 Å². The van der Waals surface area contributed by atoms with Crippen LogP contribution in [-0.2, 0) is 4.57 Å². The molecule has 4 N–H and O–H groups in total. The van der Waals surface area contributed by atoms with Crippen molar-refractivity contribution >= 4 is 18.9 Å². The number of methoxy groups -OCH3 is 1. The van der Waals surface area contributed by atoms with Crippen molar-refractivity contribution in [3.05, 3.63) is 65.2 Å². The van der Waals surface area contributed by atoms with Gasteiger partial charge in [-0.1, -0.05) is 12.1 Å². The highest BCUT2D eigenvalue weighted by Crippen LogP contribution is 2.57. The van der Waals surface area contributed by atoms with Crippen LogP contribution in [0.25, 0.3) is 0 Å². The number of aromatic carboxylic acids is 1. The van der Waals surface area contributed by atoms with E-state index in [0.29, 0.717) is 5.75 Å². The molecule has 0 fully saturated rings. The summed E-state index contributed by atoms with van der Waals surface area (Å²) < 4.78 is 18.3. The second-order valence-corrected chi connectivity index (χ2v) is 8.89. The largest absolute Gasteiger partial charge is 0.497 e. The molecule has 0 aliphatic heterocycles. The molecule has 0 aromatic heterocycles. The van der Waals surface area contributed by atoms with Crippen molar-refractivity contribution < 1.29 is 34.0 Å². The first kappa shape index (κ1) is 22.8. The van der Waals surface area contributed by atoms with E-state index in [1.807, 2.05) is 0 Å². The average molecular weight is 421 g/mol. The van der Waals surface area contributed by atoms with Gasteiger partial charge in [-0.25, -0.2) is 4.79 Å². The van der Waals surface area contributed by atoms with E-state index in [9.17, 15) is 29.3 Å². The fraction of sp³-hybridized carbons (Fsp3) is 0.300. The Morgan fingerprint density at radius 3 is 2.31 bits per heavy atom. The fourth-order valence-corrected chi connectivity index (χ4v) is 4.56. The molecule has 0 bridgehead atoms. The van der Waals surface area contributed by atoms with Crippen molar-refractivity contribution in [1.82, 2.24) is 5.32 Å². The number of hydrogen-bond donors (Lipinski definition) is 4. The Morgan fingerprint density at radius 1 is 1.10 bits per heavy atom. The summed E-state index contributed by atoms with van der Waals surface area (Å²) in [5.41, 5.74) is -1.89. The number of carboxylic acids is 1. The number of nitrogens with one attached hydrogen (secondary N) is 1. The molecular weight excluding hydrogens is 397 g/mol. The normalized spacial score (nSPS) is 15.2. The summed E-state index contributed by atoms with van der Waals surface area (Å²) in [5, 5.41) is 21.5. The minimum absolute atomic E-state index is 0.0477. The monoisotopic (exact) mass is 421 g/mol. The quantitative estimate of drug-likeness (QED) is 0.430. The predicted molar refractivity (Wildman–Crippen MR) is 108 cm³/mol. The Balaban J connectivity index is 2.41. The van der Waals surface area contributed by atoms with Crippen molar-refractivity contribution in [3.8, 4) is 5.75 Å². The molecular formula is C20H24NO7P. The zero-order valence-electron chi connectivity index (χ0n) is 16.1. The molecule has 29 heavy (non-hydrogen) atoms. The lowest BCUT2D eigenvalue weighted by Crippen LogP contribution is -2.29. The van der Waals surface area contributed by atoms with Crippen LogP contribution in [0.3, 0.4) is 0 Å². The molecule has 0 aliphatic carbocycles. The molecule has 8 nitrogen and oxygen atoms in total. The predicted octanol–water partition coefficient (Wildman–Crippen LogP) is 2.52. The Bertz CT molecular complexity index is 911. The van der Waals surface area contributed by atoms with Gasteiger partial charge in [0.25, 0.3) is 7.37 Å². The maximum Gasteiger partial charge on any atom is 0.335 e. The van der Waals surface area contributed by atoms with Gasteiger partial charge in [0.05, 0.1) is 24.4 Å². The molecule has 0 radical (unpaired) electrons. The fourth-order valence-electron chi connectivity index (χ4n) is 2.81. The van der Waals surface area contributed by atoms with Gasteiger partial charge in [-0.15, -0.1) is 0 Å². The average Bonchev–Trinajstić information content (AvgIpc) is 2.70. The van der Waals surface area contributed by atoms with E-state index in [-0.39, 0.29) is 29.8 Å². The molecule has 0 saturated heterocycles. The van der Waals surface area contributed by atoms with E-state index >= 15 is 0 Å². The van der Waals surface area contributed by atoms with Gasteiger partial charge in [0.15, 0.2) is 0 Å².